The zero-order valence-corrected chi connectivity index (χ0v) is 17.4. The number of benzene rings is 3. The first-order valence-corrected chi connectivity index (χ1v) is 10.4. The SMILES string of the molecule is O=C(Cc1ccc(F)cc1)Nc1ccc(N2CCCN(Cc3ccc(F)cc3)C2=O)cc1. The van der Waals surface area contributed by atoms with E-state index in [2.05, 4.69) is 5.32 Å². The highest BCUT2D eigenvalue weighted by Gasteiger charge is 2.26. The van der Waals surface area contributed by atoms with Crippen LogP contribution in [0.1, 0.15) is 17.5 Å². The molecule has 1 saturated heterocycles. The van der Waals surface area contributed by atoms with Crippen molar-refractivity contribution in [2.75, 3.05) is 23.3 Å². The molecule has 1 heterocycles. The van der Waals surface area contributed by atoms with E-state index < -0.39 is 0 Å². The maximum atomic E-state index is 13.1. The molecule has 1 N–H and O–H groups in total. The minimum absolute atomic E-state index is 0.103. The molecule has 3 aromatic carbocycles. The summed E-state index contributed by atoms with van der Waals surface area (Å²) in [4.78, 5) is 28.7. The van der Waals surface area contributed by atoms with E-state index in [1.807, 2.05) is 0 Å². The second-order valence-corrected chi connectivity index (χ2v) is 7.73. The first kappa shape index (κ1) is 21.5. The van der Waals surface area contributed by atoms with Crippen LogP contribution >= 0.6 is 0 Å². The monoisotopic (exact) mass is 435 g/mol. The van der Waals surface area contributed by atoms with E-state index in [0.717, 1.165) is 23.2 Å². The highest BCUT2D eigenvalue weighted by molar-refractivity contribution is 5.94. The van der Waals surface area contributed by atoms with Crippen LogP contribution in [0, 0.1) is 11.6 Å². The summed E-state index contributed by atoms with van der Waals surface area (Å²) in [5.74, 6) is -0.845. The van der Waals surface area contributed by atoms with Crippen LogP contribution in [0.25, 0.3) is 0 Å². The molecule has 1 fully saturated rings. The lowest BCUT2D eigenvalue weighted by atomic mass is 10.1. The Labute approximate surface area is 185 Å². The summed E-state index contributed by atoms with van der Waals surface area (Å²) in [5, 5.41) is 2.82. The minimum atomic E-state index is -0.340. The van der Waals surface area contributed by atoms with Gasteiger partial charge in [0.05, 0.1) is 6.42 Å². The van der Waals surface area contributed by atoms with E-state index in [-0.39, 0.29) is 30.0 Å². The molecule has 0 radical (unpaired) electrons. The van der Waals surface area contributed by atoms with Crippen molar-refractivity contribution in [1.29, 1.82) is 0 Å². The Morgan fingerprint density at radius 2 is 1.41 bits per heavy atom. The zero-order chi connectivity index (χ0) is 22.5. The number of rotatable bonds is 6. The van der Waals surface area contributed by atoms with Gasteiger partial charge >= 0.3 is 6.03 Å². The number of hydrogen-bond acceptors (Lipinski definition) is 2. The molecule has 1 aliphatic rings. The molecule has 0 saturated carbocycles. The van der Waals surface area contributed by atoms with Crippen molar-refractivity contribution >= 4 is 23.3 Å². The smallest absolute Gasteiger partial charge is 0.324 e. The molecule has 164 valence electrons. The molecule has 7 heteroatoms. The van der Waals surface area contributed by atoms with Crippen LogP contribution in [-0.4, -0.2) is 29.9 Å². The second kappa shape index (κ2) is 9.60. The molecule has 3 amide bonds. The molecule has 1 aliphatic heterocycles. The third-order valence-corrected chi connectivity index (χ3v) is 5.34. The van der Waals surface area contributed by atoms with E-state index in [1.165, 1.54) is 24.3 Å². The Morgan fingerprint density at radius 1 is 0.812 bits per heavy atom. The van der Waals surface area contributed by atoms with Crippen molar-refractivity contribution < 1.29 is 18.4 Å². The molecule has 4 rings (SSSR count). The largest absolute Gasteiger partial charge is 0.326 e. The van der Waals surface area contributed by atoms with Crippen molar-refractivity contribution in [2.45, 2.75) is 19.4 Å². The Bertz CT molecular complexity index is 1080. The van der Waals surface area contributed by atoms with Gasteiger partial charge < -0.3 is 10.2 Å². The average Bonchev–Trinajstić information content (AvgIpc) is 2.79. The number of amides is 3. The molecular weight excluding hydrogens is 412 g/mol. The summed E-state index contributed by atoms with van der Waals surface area (Å²) >= 11 is 0. The molecular formula is C25H23F2N3O2. The molecule has 0 unspecified atom stereocenters. The number of hydrogen-bond donors (Lipinski definition) is 1. The van der Waals surface area contributed by atoms with Gasteiger partial charge in [-0.1, -0.05) is 24.3 Å². The molecule has 32 heavy (non-hydrogen) atoms. The average molecular weight is 435 g/mol. The van der Waals surface area contributed by atoms with Gasteiger partial charge in [0.15, 0.2) is 0 Å². The lowest BCUT2D eigenvalue weighted by Gasteiger charge is -2.35. The van der Waals surface area contributed by atoms with Crippen molar-refractivity contribution in [3.05, 3.63) is 95.6 Å². The fourth-order valence-corrected chi connectivity index (χ4v) is 3.70. The number of carbonyl (C=O) groups is 2. The summed E-state index contributed by atoms with van der Waals surface area (Å²) in [6.07, 6.45) is 0.966. The molecule has 5 nitrogen and oxygen atoms in total. The maximum absolute atomic E-state index is 13.1. The molecule has 0 aromatic heterocycles. The number of urea groups is 1. The summed E-state index contributed by atoms with van der Waals surface area (Å²) in [5.41, 5.74) is 2.96. The van der Waals surface area contributed by atoms with E-state index in [9.17, 15) is 18.4 Å². The normalized spacial score (nSPS) is 13.9. The van der Waals surface area contributed by atoms with Crippen LogP contribution < -0.4 is 10.2 Å². The maximum Gasteiger partial charge on any atom is 0.324 e. The Morgan fingerprint density at radius 3 is 2.03 bits per heavy atom. The molecule has 0 atom stereocenters. The van der Waals surface area contributed by atoms with E-state index in [4.69, 9.17) is 0 Å². The number of halogens is 2. The molecule has 0 aliphatic carbocycles. The summed E-state index contributed by atoms with van der Waals surface area (Å²) in [6, 6.07) is 19.0. The van der Waals surface area contributed by atoms with Gasteiger partial charge in [-0.2, -0.15) is 0 Å². The van der Waals surface area contributed by atoms with Crippen molar-refractivity contribution in [2.24, 2.45) is 0 Å². The van der Waals surface area contributed by atoms with Gasteiger partial charge in [-0.3, -0.25) is 9.69 Å². The number of nitrogens with one attached hydrogen (secondary N) is 1. The van der Waals surface area contributed by atoms with Crippen molar-refractivity contribution in [3.63, 3.8) is 0 Å². The van der Waals surface area contributed by atoms with Crippen molar-refractivity contribution in [1.82, 2.24) is 4.90 Å². The zero-order valence-electron chi connectivity index (χ0n) is 17.4. The van der Waals surface area contributed by atoms with Crippen molar-refractivity contribution in [3.8, 4) is 0 Å². The Balaban J connectivity index is 1.37. The van der Waals surface area contributed by atoms with Gasteiger partial charge in [0.25, 0.3) is 0 Å². The lowest BCUT2D eigenvalue weighted by molar-refractivity contribution is -0.115. The lowest BCUT2D eigenvalue weighted by Crippen LogP contribution is -2.49. The Kier molecular flexibility index (Phi) is 6.44. The highest BCUT2D eigenvalue weighted by atomic mass is 19.1. The van der Waals surface area contributed by atoms with Gasteiger partial charge in [0, 0.05) is 31.0 Å². The van der Waals surface area contributed by atoms with E-state index in [1.54, 1.807) is 58.3 Å². The van der Waals surface area contributed by atoms with Gasteiger partial charge in [-0.05, 0) is 66.1 Å². The third-order valence-electron chi connectivity index (χ3n) is 5.34. The second-order valence-electron chi connectivity index (χ2n) is 7.73. The summed E-state index contributed by atoms with van der Waals surface area (Å²) in [6.45, 7) is 1.67. The van der Waals surface area contributed by atoms with E-state index >= 15 is 0 Å². The van der Waals surface area contributed by atoms with Gasteiger partial charge in [0.2, 0.25) is 5.91 Å². The molecule has 3 aromatic rings. The van der Waals surface area contributed by atoms with Crippen LogP contribution in [0.5, 0.6) is 0 Å². The van der Waals surface area contributed by atoms with Crippen LogP contribution in [0.2, 0.25) is 0 Å². The first-order valence-electron chi connectivity index (χ1n) is 10.4. The summed E-state index contributed by atoms with van der Waals surface area (Å²) < 4.78 is 26.1. The number of carbonyl (C=O) groups excluding carboxylic acids is 2. The standard InChI is InChI=1S/C25H23F2N3O2/c26-20-6-2-18(3-7-20)16-24(31)28-22-10-12-23(13-11-22)30-15-1-14-29(25(30)32)17-19-4-8-21(27)9-5-19/h2-13H,1,14-17H2,(H,28,31). The minimum Gasteiger partial charge on any atom is -0.326 e. The molecule has 0 spiro atoms. The van der Waals surface area contributed by atoms with Gasteiger partial charge in [-0.15, -0.1) is 0 Å². The topological polar surface area (TPSA) is 52.7 Å². The number of anilines is 2. The van der Waals surface area contributed by atoms with Crippen LogP contribution in [0.4, 0.5) is 25.0 Å². The Hall–Kier alpha value is -3.74. The van der Waals surface area contributed by atoms with Crippen LogP contribution in [0.15, 0.2) is 72.8 Å². The highest BCUT2D eigenvalue weighted by Crippen LogP contribution is 2.23. The number of nitrogens with zero attached hydrogens (tertiary/aromatic N) is 2. The van der Waals surface area contributed by atoms with Gasteiger partial charge in [0.1, 0.15) is 11.6 Å². The summed E-state index contributed by atoms with van der Waals surface area (Å²) in [7, 11) is 0. The van der Waals surface area contributed by atoms with Crippen LogP contribution in [0.3, 0.4) is 0 Å². The predicted octanol–water partition coefficient (Wildman–Crippen LogP) is 4.98. The fraction of sp³-hybridized carbons (Fsp3) is 0.200. The van der Waals surface area contributed by atoms with Crippen LogP contribution in [-0.2, 0) is 17.8 Å². The molecule has 0 bridgehead atoms. The quantitative estimate of drug-likeness (QED) is 0.594. The first-order chi connectivity index (χ1) is 15.5. The van der Waals surface area contributed by atoms with Gasteiger partial charge in [-0.25, -0.2) is 13.6 Å². The predicted molar refractivity (Wildman–Crippen MR) is 119 cm³/mol. The third kappa shape index (κ3) is 5.29. The fourth-order valence-electron chi connectivity index (χ4n) is 3.70. The van der Waals surface area contributed by atoms with E-state index in [0.29, 0.717) is 25.3 Å².